The van der Waals surface area contributed by atoms with Gasteiger partial charge in [-0.05, 0) is 43.2 Å². The molecule has 0 spiro atoms. The van der Waals surface area contributed by atoms with Crippen molar-refractivity contribution in [3.63, 3.8) is 0 Å². The zero-order chi connectivity index (χ0) is 15.4. The van der Waals surface area contributed by atoms with Crippen LogP contribution in [-0.4, -0.2) is 13.7 Å². The molecule has 2 rings (SSSR count). The number of rotatable bonds is 5. The first-order chi connectivity index (χ1) is 10.0. The molecule has 0 aromatic heterocycles. The largest absolute Gasteiger partial charge is 0.496 e. The Kier molecular flexibility index (Phi) is 5.10. The van der Waals surface area contributed by atoms with E-state index >= 15 is 0 Å². The van der Waals surface area contributed by atoms with E-state index in [0.717, 1.165) is 16.9 Å². The molecule has 0 aliphatic carbocycles. The van der Waals surface area contributed by atoms with Gasteiger partial charge in [0, 0.05) is 10.6 Å². The van der Waals surface area contributed by atoms with Gasteiger partial charge in [-0.15, -0.1) is 0 Å². The molecule has 2 aromatic rings. The topological polar surface area (TPSA) is 44.5 Å². The maximum Gasteiger partial charge on any atom is 0.126 e. The predicted octanol–water partition coefficient (Wildman–Crippen LogP) is 4.04. The van der Waals surface area contributed by atoms with Gasteiger partial charge in [-0.3, -0.25) is 0 Å². The summed E-state index contributed by atoms with van der Waals surface area (Å²) in [6, 6.07) is 11.1. The van der Waals surface area contributed by atoms with E-state index in [1.807, 2.05) is 31.2 Å². The number of hydrogen-bond acceptors (Lipinski definition) is 3. The summed E-state index contributed by atoms with van der Waals surface area (Å²) in [6.45, 7) is 4.44. The minimum atomic E-state index is -0.266. The van der Waals surface area contributed by atoms with Crippen LogP contribution < -0.4 is 15.2 Å². The first-order valence-electron chi connectivity index (χ1n) is 6.81. The minimum Gasteiger partial charge on any atom is -0.496 e. The number of nitrogens with two attached hydrogens (primary N) is 1. The van der Waals surface area contributed by atoms with Gasteiger partial charge in [0.2, 0.25) is 0 Å². The molecule has 0 saturated heterocycles. The van der Waals surface area contributed by atoms with Gasteiger partial charge in [-0.25, -0.2) is 0 Å². The Labute approximate surface area is 130 Å². The van der Waals surface area contributed by atoms with Gasteiger partial charge >= 0.3 is 0 Å². The fraction of sp³-hybridized carbons (Fsp3) is 0.294. The monoisotopic (exact) mass is 305 g/mol. The van der Waals surface area contributed by atoms with Crippen molar-refractivity contribution in [3.05, 3.63) is 58.1 Å². The lowest BCUT2D eigenvalue weighted by Gasteiger charge is -2.19. The maximum absolute atomic E-state index is 6.24. The van der Waals surface area contributed by atoms with Crippen LogP contribution in [0.25, 0.3) is 0 Å². The summed E-state index contributed by atoms with van der Waals surface area (Å²) in [7, 11) is 1.66. The van der Waals surface area contributed by atoms with Crippen LogP contribution in [0.15, 0.2) is 36.4 Å². The van der Waals surface area contributed by atoms with E-state index in [1.165, 1.54) is 5.56 Å². The van der Waals surface area contributed by atoms with Gasteiger partial charge in [-0.1, -0.05) is 29.8 Å². The van der Waals surface area contributed by atoms with E-state index < -0.39 is 0 Å². The summed E-state index contributed by atoms with van der Waals surface area (Å²) in [5.74, 6) is 1.54. The Morgan fingerprint density at radius 1 is 1.19 bits per heavy atom. The first-order valence-corrected chi connectivity index (χ1v) is 7.18. The third-order valence-electron chi connectivity index (χ3n) is 3.54. The molecule has 112 valence electrons. The molecule has 2 N–H and O–H groups in total. The van der Waals surface area contributed by atoms with Gasteiger partial charge in [0.1, 0.15) is 18.1 Å². The van der Waals surface area contributed by atoms with Crippen LogP contribution in [0, 0.1) is 13.8 Å². The Balaban J connectivity index is 2.13. The maximum atomic E-state index is 6.24. The highest BCUT2D eigenvalue weighted by Gasteiger charge is 2.15. The average molecular weight is 306 g/mol. The van der Waals surface area contributed by atoms with Gasteiger partial charge in [0.05, 0.1) is 13.2 Å². The number of ether oxygens (including phenoxy) is 2. The third kappa shape index (κ3) is 3.69. The van der Waals surface area contributed by atoms with Crippen molar-refractivity contribution in [3.8, 4) is 11.5 Å². The minimum absolute atomic E-state index is 0.266. The highest BCUT2D eigenvalue weighted by molar-refractivity contribution is 6.30. The van der Waals surface area contributed by atoms with Gasteiger partial charge in [-0.2, -0.15) is 0 Å². The lowest BCUT2D eigenvalue weighted by molar-refractivity contribution is 0.286. The van der Waals surface area contributed by atoms with Crippen LogP contribution in [-0.2, 0) is 0 Å². The quantitative estimate of drug-likeness (QED) is 0.906. The van der Waals surface area contributed by atoms with E-state index in [9.17, 15) is 0 Å². The Bertz CT molecular complexity index is 628. The van der Waals surface area contributed by atoms with Crippen LogP contribution in [0.5, 0.6) is 11.5 Å². The fourth-order valence-corrected chi connectivity index (χ4v) is 2.39. The number of methoxy groups -OCH3 is 1. The van der Waals surface area contributed by atoms with E-state index in [4.69, 9.17) is 26.8 Å². The molecule has 0 radical (unpaired) electrons. The predicted molar refractivity (Wildman–Crippen MR) is 86.3 cm³/mol. The lowest BCUT2D eigenvalue weighted by atomic mass is 10.00. The van der Waals surface area contributed by atoms with E-state index in [2.05, 4.69) is 6.92 Å². The molecule has 0 amide bonds. The Morgan fingerprint density at radius 3 is 2.62 bits per heavy atom. The molecular formula is C17H20ClNO2. The first kappa shape index (κ1) is 15.7. The average Bonchev–Trinajstić information content (AvgIpc) is 2.47. The van der Waals surface area contributed by atoms with Crippen LogP contribution in [0.2, 0.25) is 5.02 Å². The van der Waals surface area contributed by atoms with Crippen LogP contribution in [0.3, 0.4) is 0 Å². The SMILES string of the molecule is COc1c(C(N)COc2cccc(Cl)c2)ccc(C)c1C. The highest BCUT2D eigenvalue weighted by atomic mass is 35.5. The normalized spacial score (nSPS) is 12.0. The molecule has 1 atom stereocenters. The van der Waals surface area contributed by atoms with E-state index in [-0.39, 0.29) is 6.04 Å². The van der Waals surface area contributed by atoms with Crippen molar-refractivity contribution in [2.45, 2.75) is 19.9 Å². The number of hydrogen-bond donors (Lipinski definition) is 1. The van der Waals surface area contributed by atoms with Crippen LogP contribution >= 0.6 is 11.6 Å². The summed E-state index contributed by atoms with van der Waals surface area (Å²) in [4.78, 5) is 0. The molecule has 0 heterocycles. The van der Waals surface area contributed by atoms with Crippen molar-refractivity contribution in [1.29, 1.82) is 0 Å². The number of benzene rings is 2. The number of aryl methyl sites for hydroxylation is 1. The molecule has 0 bridgehead atoms. The lowest BCUT2D eigenvalue weighted by Crippen LogP contribution is -2.20. The summed E-state index contributed by atoms with van der Waals surface area (Å²) in [5, 5.41) is 0.643. The highest BCUT2D eigenvalue weighted by Crippen LogP contribution is 2.30. The van der Waals surface area contributed by atoms with Crippen LogP contribution in [0.4, 0.5) is 0 Å². The molecular weight excluding hydrogens is 286 g/mol. The fourth-order valence-electron chi connectivity index (χ4n) is 2.21. The standard InChI is InChI=1S/C17H20ClNO2/c1-11-7-8-15(17(20-3)12(11)2)16(19)10-21-14-6-4-5-13(18)9-14/h4-9,16H,10,19H2,1-3H3. The molecule has 2 aromatic carbocycles. The molecule has 0 aliphatic heterocycles. The van der Waals surface area contributed by atoms with Crippen molar-refractivity contribution in [1.82, 2.24) is 0 Å². The zero-order valence-electron chi connectivity index (χ0n) is 12.5. The second-order valence-corrected chi connectivity index (χ2v) is 5.44. The summed E-state index contributed by atoms with van der Waals surface area (Å²) < 4.78 is 11.2. The Hall–Kier alpha value is -1.71. The van der Waals surface area contributed by atoms with E-state index in [0.29, 0.717) is 17.4 Å². The van der Waals surface area contributed by atoms with Gasteiger partial charge < -0.3 is 15.2 Å². The van der Waals surface area contributed by atoms with Crippen molar-refractivity contribution in [2.75, 3.05) is 13.7 Å². The van der Waals surface area contributed by atoms with Crippen molar-refractivity contribution >= 4 is 11.6 Å². The van der Waals surface area contributed by atoms with Crippen molar-refractivity contribution in [2.24, 2.45) is 5.73 Å². The Morgan fingerprint density at radius 2 is 1.95 bits per heavy atom. The smallest absolute Gasteiger partial charge is 0.126 e. The third-order valence-corrected chi connectivity index (χ3v) is 3.77. The summed E-state index contributed by atoms with van der Waals surface area (Å²) in [6.07, 6.45) is 0. The molecule has 4 heteroatoms. The van der Waals surface area contributed by atoms with Crippen molar-refractivity contribution < 1.29 is 9.47 Å². The molecule has 0 saturated carbocycles. The molecule has 21 heavy (non-hydrogen) atoms. The molecule has 0 aliphatic rings. The van der Waals surface area contributed by atoms with E-state index in [1.54, 1.807) is 19.2 Å². The summed E-state index contributed by atoms with van der Waals surface area (Å²) in [5.41, 5.74) is 9.47. The van der Waals surface area contributed by atoms with Gasteiger partial charge in [0.15, 0.2) is 0 Å². The van der Waals surface area contributed by atoms with Gasteiger partial charge in [0.25, 0.3) is 0 Å². The number of halogens is 1. The zero-order valence-corrected chi connectivity index (χ0v) is 13.3. The molecule has 0 fully saturated rings. The molecule has 1 unspecified atom stereocenters. The second kappa shape index (κ2) is 6.83. The summed E-state index contributed by atoms with van der Waals surface area (Å²) >= 11 is 5.93. The molecule has 3 nitrogen and oxygen atoms in total. The second-order valence-electron chi connectivity index (χ2n) is 5.00. The van der Waals surface area contributed by atoms with Crippen LogP contribution in [0.1, 0.15) is 22.7 Å².